The number of hydrogen-bond donors (Lipinski definition) is 1. The maximum atomic E-state index is 13.0. The third-order valence-corrected chi connectivity index (χ3v) is 3.11. The van der Waals surface area contributed by atoms with Crippen LogP contribution in [0, 0.1) is 11.6 Å². The van der Waals surface area contributed by atoms with Crippen LogP contribution in [0.15, 0.2) is 42.5 Å². The molecule has 0 bridgehead atoms. The van der Waals surface area contributed by atoms with Crippen LogP contribution in [0.25, 0.3) is 0 Å². The summed E-state index contributed by atoms with van der Waals surface area (Å²) >= 11 is 3.31. The molecule has 0 spiro atoms. The van der Waals surface area contributed by atoms with Crippen molar-refractivity contribution in [3.05, 3.63) is 65.2 Å². The normalized spacial score (nSPS) is 10.3. The maximum absolute atomic E-state index is 13.0. The van der Waals surface area contributed by atoms with Crippen LogP contribution in [-0.2, 0) is 5.33 Å². The molecule has 2 aromatic carbocycles. The predicted molar refractivity (Wildman–Crippen MR) is 73.4 cm³/mol. The molecule has 0 radical (unpaired) electrons. The van der Waals surface area contributed by atoms with Gasteiger partial charge in [-0.15, -0.1) is 0 Å². The summed E-state index contributed by atoms with van der Waals surface area (Å²) < 4.78 is 26.0. The van der Waals surface area contributed by atoms with Crippen LogP contribution < -0.4 is 5.32 Å². The molecule has 0 unspecified atom stereocenters. The Balaban J connectivity index is 2.20. The number of hydrogen-bond acceptors (Lipinski definition) is 1. The number of carbonyl (C=O) groups excluding carboxylic acids is 1. The van der Waals surface area contributed by atoms with E-state index < -0.39 is 17.5 Å². The molecule has 98 valence electrons. The van der Waals surface area contributed by atoms with Crippen LogP contribution in [0.5, 0.6) is 0 Å². The highest BCUT2D eigenvalue weighted by Crippen LogP contribution is 2.15. The van der Waals surface area contributed by atoms with E-state index >= 15 is 0 Å². The topological polar surface area (TPSA) is 29.1 Å². The van der Waals surface area contributed by atoms with E-state index in [1.807, 2.05) is 6.07 Å². The van der Waals surface area contributed by atoms with E-state index in [9.17, 15) is 13.6 Å². The number of rotatable bonds is 3. The van der Waals surface area contributed by atoms with Crippen LogP contribution in [0.2, 0.25) is 0 Å². The fourth-order valence-electron chi connectivity index (χ4n) is 1.62. The van der Waals surface area contributed by atoms with E-state index in [2.05, 4.69) is 21.2 Å². The van der Waals surface area contributed by atoms with Crippen LogP contribution in [0.1, 0.15) is 15.9 Å². The Morgan fingerprint density at radius 3 is 2.42 bits per heavy atom. The maximum Gasteiger partial charge on any atom is 0.255 e. The van der Waals surface area contributed by atoms with Crippen molar-refractivity contribution in [3.63, 3.8) is 0 Å². The first kappa shape index (κ1) is 13.7. The molecule has 0 aliphatic carbocycles. The lowest BCUT2D eigenvalue weighted by Crippen LogP contribution is -2.12. The van der Waals surface area contributed by atoms with Crippen molar-refractivity contribution in [2.24, 2.45) is 0 Å². The predicted octanol–water partition coefficient (Wildman–Crippen LogP) is 4.11. The van der Waals surface area contributed by atoms with E-state index in [0.717, 1.165) is 23.8 Å². The average Bonchev–Trinajstić information content (AvgIpc) is 2.37. The lowest BCUT2D eigenvalue weighted by molar-refractivity contribution is 0.102. The molecule has 0 aliphatic rings. The zero-order valence-electron chi connectivity index (χ0n) is 9.79. The second-order valence-corrected chi connectivity index (χ2v) is 4.51. The zero-order valence-corrected chi connectivity index (χ0v) is 11.4. The zero-order chi connectivity index (χ0) is 13.8. The Bertz CT molecular complexity index is 596. The van der Waals surface area contributed by atoms with Crippen molar-refractivity contribution in [2.45, 2.75) is 5.33 Å². The van der Waals surface area contributed by atoms with Crippen molar-refractivity contribution >= 4 is 27.5 Å². The Labute approximate surface area is 117 Å². The molecule has 0 saturated carbocycles. The first-order valence-corrected chi connectivity index (χ1v) is 6.63. The number of alkyl halides is 1. The van der Waals surface area contributed by atoms with Crippen molar-refractivity contribution in [1.82, 2.24) is 0 Å². The van der Waals surface area contributed by atoms with Gasteiger partial charge in [0.05, 0.1) is 0 Å². The highest BCUT2D eigenvalue weighted by molar-refractivity contribution is 9.08. The monoisotopic (exact) mass is 325 g/mol. The Morgan fingerprint density at radius 1 is 1.11 bits per heavy atom. The molecular formula is C14H10BrF2NO. The standard InChI is InChI=1S/C14H10BrF2NO/c15-8-9-2-1-3-13(4-9)18-14(19)10-5-11(16)7-12(17)6-10/h1-7H,8H2,(H,18,19). The van der Waals surface area contributed by atoms with Crippen molar-refractivity contribution in [2.75, 3.05) is 5.32 Å². The fraction of sp³-hybridized carbons (Fsp3) is 0.0714. The van der Waals surface area contributed by atoms with Crippen LogP contribution in [0.3, 0.4) is 0 Å². The SMILES string of the molecule is O=C(Nc1cccc(CBr)c1)c1cc(F)cc(F)c1. The molecule has 1 amide bonds. The number of halogens is 3. The number of benzene rings is 2. The summed E-state index contributed by atoms with van der Waals surface area (Å²) in [6.07, 6.45) is 0. The second kappa shape index (κ2) is 5.93. The Morgan fingerprint density at radius 2 is 1.79 bits per heavy atom. The minimum Gasteiger partial charge on any atom is -0.322 e. The third-order valence-electron chi connectivity index (χ3n) is 2.46. The van der Waals surface area contributed by atoms with Gasteiger partial charge in [0, 0.05) is 22.6 Å². The summed E-state index contributed by atoms with van der Waals surface area (Å²) in [7, 11) is 0. The summed E-state index contributed by atoms with van der Waals surface area (Å²) in [6.45, 7) is 0. The van der Waals surface area contributed by atoms with E-state index in [1.165, 1.54) is 0 Å². The van der Waals surface area contributed by atoms with Gasteiger partial charge >= 0.3 is 0 Å². The Kier molecular flexibility index (Phi) is 4.27. The van der Waals surface area contributed by atoms with Gasteiger partial charge in [-0.1, -0.05) is 28.1 Å². The average molecular weight is 326 g/mol. The second-order valence-electron chi connectivity index (χ2n) is 3.95. The van der Waals surface area contributed by atoms with Crippen LogP contribution >= 0.6 is 15.9 Å². The van der Waals surface area contributed by atoms with Crippen molar-refractivity contribution < 1.29 is 13.6 Å². The highest BCUT2D eigenvalue weighted by Gasteiger charge is 2.09. The number of amides is 1. The van der Waals surface area contributed by atoms with Gasteiger partial charge in [-0.2, -0.15) is 0 Å². The molecule has 19 heavy (non-hydrogen) atoms. The molecule has 5 heteroatoms. The van der Waals surface area contributed by atoms with Gasteiger partial charge < -0.3 is 5.32 Å². The lowest BCUT2D eigenvalue weighted by atomic mass is 10.2. The smallest absolute Gasteiger partial charge is 0.255 e. The van der Waals surface area contributed by atoms with E-state index in [-0.39, 0.29) is 5.56 Å². The quantitative estimate of drug-likeness (QED) is 0.845. The van der Waals surface area contributed by atoms with Crippen LogP contribution in [-0.4, -0.2) is 5.91 Å². The summed E-state index contributed by atoms with van der Waals surface area (Å²) in [5, 5.41) is 3.25. The first-order valence-electron chi connectivity index (χ1n) is 5.51. The van der Waals surface area contributed by atoms with Crippen molar-refractivity contribution in [1.29, 1.82) is 0 Å². The lowest BCUT2D eigenvalue weighted by Gasteiger charge is -2.07. The Hall–Kier alpha value is -1.75. The van der Waals surface area contributed by atoms with Gasteiger partial charge in [0.1, 0.15) is 11.6 Å². The molecule has 0 aromatic heterocycles. The van der Waals surface area contributed by atoms with Gasteiger partial charge in [0.2, 0.25) is 0 Å². The van der Waals surface area contributed by atoms with Gasteiger partial charge in [-0.3, -0.25) is 4.79 Å². The molecule has 2 rings (SSSR count). The first-order chi connectivity index (χ1) is 9.08. The molecule has 0 heterocycles. The van der Waals surface area contributed by atoms with Gasteiger partial charge in [-0.05, 0) is 29.8 Å². The third kappa shape index (κ3) is 3.61. The molecule has 1 N–H and O–H groups in total. The van der Waals surface area contributed by atoms with E-state index in [0.29, 0.717) is 11.0 Å². The van der Waals surface area contributed by atoms with Gasteiger partial charge in [0.25, 0.3) is 5.91 Å². The summed E-state index contributed by atoms with van der Waals surface area (Å²) in [5.41, 5.74) is 1.51. The minimum absolute atomic E-state index is 0.0539. The number of anilines is 1. The molecule has 0 fully saturated rings. The van der Waals surface area contributed by atoms with E-state index in [1.54, 1.807) is 18.2 Å². The highest BCUT2D eigenvalue weighted by atomic mass is 79.9. The van der Waals surface area contributed by atoms with Crippen LogP contribution in [0.4, 0.5) is 14.5 Å². The summed E-state index contributed by atoms with van der Waals surface area (Å²) in [5.74, 6) is -2.11. The van der Waals surface area contributed by atoms with E-state index in [4.69, 9.17) is 0 Å². The molecule has 0 atom stereocenters. The largest absolute Gasteiger partial charge is 0.322 e. The molecular weight excluding hydrogens is 316 g/mol. The fourth-order valence-corrected chi connectivity index (χ4v) is 1.97. The van der Waals surface area contributed by atoms with Gasteiger partial charge in [0.15, 0.2) is 0 Å². The summed E-state index contributed by atoms with van der Waals surface area (Å²) in [6, 6.07) is 9.88. The molecule has 2 nitrogen and oxygen atoms in total. The summed E-state index contributed by atoms with van der Waals surface area (Å²) in [4.78, 5) is 11.9. The number of nitrogens with one attached hydrogen (secondary N) is 1. The van der Waals surface area contributed by atoms with Gasteiger partial charge in [-0.25, -0.2) is 8.78 Å². The molecule has 0 saturated heterocycles. The van der Waals surface area contributed by atoms with Crippen molar-refractivity contribution in [3.8, 4) is 0 Å². The number of carbonyl (C=O) groups is 1. The molecule has 0 aliphatic heterocycles. The molecule has 2 aromatic rings. The minimum atomic E-state index is -0.778.